The number of phenolic OH excluding ortho intramolecular Hbond substituents is 4. The van der Waals surface area contributed by atoms with Gasteiger partial charge in [0.25, 0.3) is 0 Å². The van der Waals surface area contributed by atoms with Crippen molar-refractivity contribution >= 4 is 0 Å². The molecule has 1 fully saturated rings. The molecule has 0 aliphatic carbocycles. The number of hydrogen-bond donors (Lipinski definition) is 4. The molecule has 4 N–H and O–H groups in total. The first kappa shape index (κ1) is 19.0. The second kappa shape index (κ2) is 6.79. The first-order chi connectivity index (χ1) is 15.0. The lowest BCUT2D eigenvalue weighted by atomic mass is 9.72. The zero-order valence-electron chi connectivity index (χ0n) is 16.4. The van der Waals surface area contributed by atoms with Crippen molar-refractivity contribution in [3.05, 3.63) is 119 Å². The summed E-state index contributed by atoms with van der Waals surface area (Å²) in [6.45, 7) is 0. The highest BCUT2D eigenvalue weighted by molar-refractivity contribution is 5.66. The van der Waals surface area contributed by atoms with E-state index in [9.17, 15) is 20.4 Å². The van der Waals surface area contributed by atoms with Gasteiger partial charge in [0.1, 0.15) is 23.0 Å². The predicted molar refractivity (Wildman–Crippen MR) is 115 cm³/mol. The van der Waals surface area contributed by atoms with Crippen LogP contribution in [0, 0.1) is 0 Å². The molecule has 0 saturated carbocycles. The molecule has 154 valence electrons. The van der Waals surface area contributed by atoms with Gasteiger partial charge in [0.05, 0.1) is 0 Å². The van der Waals surface area contributed by atoms with Crippen LogP contribution in [-0.4, -0.2) is 20.4 Å². The van der Waals surface area contributed by atoms with Crippen molar-refractivity contribution in [2.45, 2.75) is 11.2 Å². The van der Waals surface area contributed by atoms with E-state index in [0.29, 0.717) is 22.3 Å². The fourth-order valence-electron chi connectivity index (χ4n) is 4.56. The molecule has 5 nitrogen and oxygen atoms in total. The molecule has 0 bridgehead atoms. The van der Waals surface area contributed by atoms with Crippen LogP contribution >= 0.6 is 0 Å². The number of rotatable bonds is 4. The van der Waals surface area contributed by atoms with Crippen molar-refractivity contribution in [1.82, 2.24) is 0 Å². The first-order valence-electron chi connectivity index (χ1n) is 9.86. The summed E-state index contributed by atoms with van der Waals surface area (Å²) in [5.74, 6) is -0.117. The van der Waals surface area contributed by atoms with E-state index in [1.54, 1.807) is 97.1 Å². The smallest absolute Gasteiger partial charge is 0.165 e. The van der Waals surface area contributed by atoms with E-state index >= 15 is 0 Å². The second-order valence-electron chi connectivity index (χ2n) is 7.53. The molecule has 1 aliphatic heterocycles. The average Bonchev–Trinajstić information content (AvgIpc) is 3.46. The van der Waals surface area contributed by atoms with Crippen molar-refractivity contribution in [1.29, 1.82) is 0 Å². The summed E-state index contributed by atoms with van der Waals surface area (Å²) in [5.41, 5.74) is -1.18. The molecule has 1 saturated heterocycles. The van der Waals surface area contributed by atoms with E-state index in [4.69, 9.17) is 4.74 Å². The Labute approximate surface area is 179 Å². The molecule has 4 aromatic rings. The summed E-state index contributed by atoms with van der Waals surface area (Å²) in [6.07, 6.45) is 0. The third-order valence-corrected chi connectivity index (χ3v) is 5.89. The van der Waals surface area contributed by atoms with Crippen molar-refractivity contribution in [3.8, 4) is 23.0 Å². The quantitative estimate of drug-likeness (QED) is 0.364. The van der Waals surface area contributed by atoms with Crippen LogP contribution in [0.5, 0.6) is 23.0 Å². The maximum absolute atomic E-state index is 10.8. The second-order valence-corrected chi connectivity index (χ2v) is 7.53. The lowest BCUT2D eigenvalue weighted by Gasteiger charge is -2.24. The van der Waals surface area contributed by atoms with Crippen LogP contribution in [0.2, 0.25) is 0 Å². The SMILES string of the molecule is Oc1ccccc1C1(c2ccccc2O)OC1(c1ccccc1O)c1ccccc1O. The molecule has 1 aliphatic rings. The molecule has 0 atom stereocenters. The Morgan fingerprint density at radius 1 is 0.387 bits per heavy atom. The topological polar surface area (TPSA) is 93.5 Å². The van der Waals surface area contributed by atoms with Crippen LogP contribution in [0.25, 0.3) is 0 Å². The summed E-state index contributed by atoms with van der Waals surface area (Å²) in [6, 6.07) is 26.8. The molecule has 4 aromatic carbocycles. The van der Waals surface area contributed by atoms with Crippen molar-refractivity contribution in [2.24, 2.45) is 0 Å². The molecule has 5 heteroatoms. The minimum atomic E-state index is -1.40. The highest BCUT2D eigenvalue weighted by Crippen LogP contribution is 2.72. The molecule has 1 heterocycles. The maximum atomic E-state index is 10.8. The zero-order chi connectivity index (χ0) is 21.6. The monoisotopic (exact) mass is 412 g/mol. The molecule has 0 unspecified atom stereocenters. The minimum Gasteiger partial charge on any atom is -0.508 e. The highest BCUT2D eigenvalue weighted by atomic mass is 16.6. The number of epoxide rings is 1. The van der Waals surface area contributed by atoms with Crippen LogP contribution in [0.15, 0.2) is 97.1 Å². The molecule has 5 rings (SSSR count). The molecule has 0 aromatic heterocycles. The van der Waals surface area contributed by atoms with Gasteiger partial charge in [0.15, 0.2) is 11.2 Å². The predicted octanol–water partition coefficient (Wildman–Crippen LogP) is 4.73. The summed E-state index contributed by atoms with van der Waals surface area (Å²) >= 11 is 0. The van der Waals surface area contributed by atoms with Gasteiger partial charge in [-0.05, 0) is 24.3 Å². The highest BCUT2D eigenvalue weighted by Gasteiger charge is 2.76. The Morgan fingerprint density at radius 3 is 0.839 bits per heavy atom. The molecule has 0 radical (unpaired) electrons. The maximum Gasteiger partial charge on any atom is 0.165 e. The molecular formula is C26H20O5. The van der Waals surface area contributed by atoms with Gasteiger partial charge in [-0.2, -0.15) is 0 Å². The van der Waals surface area contributed by atoms with E-state index < -0.39 is 11.2 Å². The molecule has 0 amide bonds. The molecular weight excluding hydrogens is 392 g/mol. The number of benzene rings is 4. The van der Waals surface area contributed by atoms with Gasteiger partial charge in [0.2, 0.25) is 0 Å². The third-order valence-electron chi connectivity index (χ3n) is 5.89. The summed E-state index contributed by atoms with van der Waals surface area (Å²) in [7, 11) is 0. The third kappa shape index (κ3) is 2.54. The van der Waals surface area contributed by atoms with E-state index in [1.807, 2.05) is 0 Å². The van der Waals surface area contributed by atoms with Crippen LogP contribution in [0.3, 0.4) is 0 Å². The molecule has 31 heavy (non-hydrogen) atoms. The van der Waals surface area contributed by atoms with Gasteiger partial charge >= 0.3 is 0 Å². The number of hydrogen-bond acceptors (Lipinski definition) is 5. The number of aromatic hydroxyl groups is 4. The normalized spacial score (nSPS) is 16.0. The van der Waals surface area contributed by atoms with E-state index in [1.165, 1.54) is 0 Å². The Balaban J connectivity index is 1.92. The Kier molecular flexibility index (Phi) is 4.17. The Morgan fingerprint density at radius 2 is 0.613 bits per heavy atom. The lowest BCUT2D eigenvalue weighted by Crippen LogP contribution is -2.26. The Bertz CT molecular complexity index is 1090. The standard InChI is InChI=1S/C26H20O5/c27-21-13-5-1-9-17(21)25(18-10-2-6-14-22(18)28)26(31-25,19-11-3-7-15-23(19)29)20-12-4-8-16-24(20)30/h1-16,27-30H. The largest absolute Gasteiger partial charge is 0.508 e. The fourth-order valence-corrected chi connectivity index (χ4v) is 4.56. The van der Waals surface area contributed by atoms with E-state index in [2.05, 4.69) is 0 Å². The fraction of sp³-hybridized carbons (Fsp3) is 0.0769. The summed E-state index contributed by atoms with van der Waals surface area (Å²) in [4.78, 5) is 0. The van der Waals surface area contributed by atoms with Crippen LogP contribution in [0.4, 0.5) is 0 Å². The van der Waals surface area contributed by atoms with Gasteiger partial charge < -0.3 is 25.2 Å². The van der Waals surface area contributed by atoms with Gasteiger partial charge in [-0.3, -0.25) is 0 Å². The van der Waals surface area contributed by atoms with Gasteiger partial charge in [-0.1, -0.05) is 72.8 Å². The van der Waals surface area contributed by atoms with Crippen molar-refractivity contribution in [2.75, 3.05) is 0 Å². The zero-order valence-corrected chi connectivity index (χ0v) is 16.4. The number of para-hydroxylation sites is 4. The lowest BCUT2D eigenvalue weighted by molar-refractivity contribution is 0.286. The number of ether oxygens (including phenoxy) is 1. The molecule has 0 spiro atoms. The van der Waals surface area contributed by atoms with Crippen LogP contribution in [-0.2, 0) is 15.9 Å². The number of phenols is 4. The van der Waals surface area contributed by atoms with Gasteiger partial charge in [-0.15, -0.1) is 0 Å². The van der Waals surface area contributed by atoms with E-state index in [-0.39, 0.29) is 23.0 Å². The van der Waals surface area contributed by atoms with E-state index in [0.717, 1.165) is 0 Å². The van der Waals surface area contributed by atoms with Crippen LogP contribution in [0.1, 0.15) is 22.3 Å². The summed E-state index contributed by atoms with van der Waals surface area (Å²) in [5, 5.41) is 43.3. The first-order valence-corrected chi connectivity index (χ1v) is 9.86. The Hall–Kier alpha value is -3.96. The van der Waals surface area contributed by atoms with Crippen molar-refractivity contribution < 1.29 is 25.2 Å². The van der Waals surface area contributed by atoms with Gasteiger partial charge in [-0.25, -0.2) is 0 Å². The summed E-state index contributed by atoms with van der Waals surface area (Å²) < 4.78 is 6.52. The van der Waals surface area contributed by atoms with Gasteiger partial charge in [0, 0.05) is 22.3 Å². The average molecular weight is 412 g/mol. The van der Waals surface area contributed by atoms with Crippen LogP contribution < -0.4 is 0 Å². The van der Waals surface area contributed by atoms with Crippen molar-refractivity contribution in [3.63, 3.8) is 0 Å². The minimum absolute atomic E-state index is 0.0292.